The van der Waals surface area contributed by atoms with Crippen molar-refractivity contribution in [2.75, 3.05) is 38.1 Å². The number of amides is 2. The van der Waals surface area contributed by atoms with Crippen LogP contribution in [-0.4, -0.2) is 70.4 Å². The summed E-state index contributed by atoms with van der Waals surface area (Å²) in [5.41, 5.74) is -2.15. The summed E-state index contributed by atoms with van der Waals surface area (Å²) < 4.78 is 117. The highest BCUT2D eigenvalue weighted by Gasteiger charge is 2.39. The molecule has 0 aliphatic carbocycles. The Labute approximate surface area is 302 Å². The van der Waals surface area contributed by atoms with Crippen molar-refractivity contribution in [2.45, 2.75) is 25.3 Å². The van der Waals surface area contributed by atoms with Gasteiger partial charge >= 0.3 is 12.4 Å². The molecule has 54 heavy (non-hydrogen) atoms. The van der Waals surface area contributed by atoms with Gasteiger partial charge in [-0.15, -0.1) is 0 Å². The Morgan fingerprint density at radius 1 is 0.833 bits per heavy atom. The summed E-state index contributed by atoms with van der Waals surface area (Å²) in [7, 11) is 1.75. The number of fused-ring (bicyclic) bond motifs is 1. The van der Waals surface area contributed by atoms with Crippen molar-refractivity contribution in [1.29, 1.82) is 0 Å². The van der Waals surface area contributed by atoms with Crippen LogP contribution >= 0.6 is 0 Å². The van der Waals surface area contributed by atoms with Crippen molar-refractivity contribution in [3.8, 4) is 17.4 Å². The zero-order chi connectivity index (χ0) is 38.8. The van der Waals surface area contributed by atoms with Gasteiger partial charge in [-0.3, -0.25) is 14.5 Å². The van der Waals surface area contributed by atoms with Crippen LogP contribution in [0.4, 0.5) is 40.8 Å². The number of nitrogens with zero attached hydrogens (tertiary/aromatic N) is 4. The van der Waals surface area contributed by atoms with Gasteiger partial charge < -0.3 is 24.3 Å². The van der Waals surface area contributed by atoms with Crippen molar-refractivity contribution in [3.05, 3.63) is 113 Å². The fraction of sp³-hybridized carbons (Fsp3) is 0.270. The number of ether oxygens (including phenoxy) is 2. The molecule has 17 heteroatoms. The van der Waals surface area contributed by atoms with Crippen LogP contribution in [0.15, 0.2) is 85.1 Å². The van der Waals surface area contributed by atoms with E-state index in [4.69, 9.17) is 9.47 Å². The lowest BCUT2D eigenvalue weighted by Crippen LogP contribution is -2.48. The van der Waals surface area contributed by atoms with Crippen molar-refractivity contribution in [1.82, 2.24) is 19.4 Å². The number of halogens is 8. The van der Waals surface area contributed by atoms with Gasteiger partial charge in [-0.2, -0.15) is 26.3 Å². The fourth-order valence-electron chi connectivity index (χ4n) is 5.95. The Morgan fingerprint density at radius 3 is 2.17 bits per heavy atom. The van der Waals surface area contributed by atoms with Gasteiger partial charge in [-0.05, 0) is 60.2 Å². The molecule has 1 aliphatic rings. The van der Waals surface area contributed by atoms with E-state index >= 15 is 0 Å². The van der Waals surface area contributed by atoms with Crippen LogP contribution in [0, 0.1) is 0 Å². The normalized spacial score (nSPS) is 14.1. The lowest BCUT2D eigenvalue weighted by atomic mass is 10.0. The van der Waals surface area contributed by atoms with Gasteiger partial charge in [0.15, 0.2) is 0 Å². The van der Waals surface area contributed by atoms with E-state index in [9.17, 15) is 44.7 Å². The van der Waals surface area contributed by atoms with E-state index in [0.717, 1.165) is 17.1 Å². The third-order valence-corrected chi connectivity index (χ3v) is 8.71. The SMILES string of the molecule is Cn1c(C(=O)N2CCN(Cc3ccc(OCC(F)F)cc3)CC2)cc2ccc(Oc3ccc(NC(=O)c4ccc(C(F)(F)F)cc4C(F)(F)F)cn3)cc21. The highest BCUT2D eigenvalue weighted by molar-refractivity contribution is 6.05. The molecule has 3 heterocycles. The summed E-state index contributed by atoms with van der Waals surface area (Å²) in [5.74, 6) is -0.631. The first-order chi connectivity index (χ1) is 25.5. The second-order valence-corrected chi connectivity index (χ2v) is 12.4. The Morgan fingerprint density at radius 2 is 1.54 bits per heavy atom. The molecular weight excluding hydrogens is 730 g/mol. The van der Waals surface area contributed by atoms with Crippen LogP contribution in [0.3, 0.4) is 0 Å². The highest BCUT2D eigenvalue weighted by Crippen LogP contribution is 2.38. The van der Waals surface area contributed by atoms with Crippen LogP contribution in [0.25, 0.3) is 10.9 Å². The number of hydrogen-bond acceptors (Lipinski definition) is 6. The summed E-state index contributed by atoms with van der Waals surface area (Å²) in [4.78, 5) is 34.2. The molecule has 2 aromatic heterocycles. The second-order valence-electron chi connectivity index (χ2n) is 12.4. The van der Waals surface area contributed by atoms with E-state index in [1.54, 1.807) is 52.9 Å². The predicted molar refractivity (Wildman–Crippen MR) is 181 cm³/mol. The quantitative estimate of drug-likeness (QED) is 0.144. The molecule has 0 bridgehead atoms. The molecule has 3 aromatic carbocycles. The van der Waals surface area contributed by atoms with Gasteiger partial charge in [0, 0.05) is 57.3 Å². The minimum Gasteiger partial charge on any atom is -0.488 e. The lowest BCUT2D eigenvalue weighted by molar-refractivity contribution is -0.143. The standard InChI is InChI=1S/C37H31F8N5O4/c1-48-30-18-27(54-33-11-6-25(19-46-33)47-34(51)28-10-5-24(36(40,41)42)17-29(28)37(43,44)45)9-4-23(30)16-31(48)35(52)50-14-12-49(13-15-50)20-22-2-7-26(8-3-22)53-21-32(38)39/h2-11,16-19,32H,12-15,20-21H2,1H3,(H,47,51). The number of nitrogens with one attached hydrogen (secondary N) is 1. The van der Waals surface area contributed by atoms with Crippen LogP contribution in [-0.2, 0) is 25.9 Å². The minimum atomic E-state index is -5.22. The molecule has 1 fully saturated rings. The Bertz CT molecular complexity index is 2130. The monoisotopic (exact) mass is 761 g/mol. The predicted octanol–water partition coefficient (Wildman–Crippen LogP) is 8.26. The molecular formula is C37H31F8N5O4. The second kappa shape index (κ2) is 15.3. The fourth-order valence-corrected chi connectivity index (χ4v) is 5.95. The van der Waals surface area contributed by atoms with Crippen molar-refractivity contribution >= 4 is 28.4 Å². The number of carbonyl (C=O) groups excluding carboxylic acids is 2. The molecule has 0 unspecified atom stereocenters. The number of benzene rings is 3. The topological polar surface area (TPSA) is 88.9 Å². The molecule has 1 saturated heterocycles. The number of hydrogen-bond donors (Lipinski definition) is 1. The van der Waals surface area contributed by atoms with Gasteiger partial charge in [-0.25, -0.2) is 13.8 Å². The van der Waals surface area contributed by atoms with E-state index < -0.39 is 48.0 Å². The summed E-state index contributed by atoms with van der Waals surface area (Å²) in [6, 6.07) is 17.3. The number of pyridine rings is 1. The molecule has 284 valence electrons. The maximum atomic E-state index is 13.5. The summed E-state index contributed by atoms with van der Waals surface area (Å²) in [5, 5.41) is 2.99. The Balaban J connectivity index is 1.06. The van der Waals surface area contributed by atoms with Crippen molar-refractivity contribution in [2.24, 2.45) is 7.05 Å². The molecule has 0 radical (unpaired) electrons. The van der Waals surface area contributed by atoms with Crippen LogP contribution in [0.2, 0.25) is 0 Å². The molecule has 9 nitrogen and oxygen atoms in total. The van der Waals surface area contributed by atoms with Crippen LogP contribution < -0.4 is 14.8 Å². The van der Waals surface area contributed by atoms with Gasteiger partial charge in [-0.1, -0.05) is 12.1 Å². The summed E-state index contributed by atoms with van der Waals surface area (Å²) in [6.07, 6.45) is -11.7. The first kappa shape index (κ1) is 38.0. The van der Waals surface area contributed by atoms with Gasteiger partial charge in [0.05, 0.1) is 34.1 Å². The first-order valence-electron chi connectivity index (χ1n) is 16.4. The van der Waals surface area contributed by atoms with Crippen LogP contribution in [0.5, 0.6) is 17.4 Å². The molecule has 1 aliphatic heterocycles. The zero-order valence-electron chi connectivity index (χ0n) is 28.3. The largest absolute Gasteiger partial charge is 0.488 e. The first-order valence-corrected chi connectivity index (χ1v) is 16.4. The molecule has 5 aromatic rings. The van der Waals surface area contributed by atoms with E-state index in [0.29, 0.717) is 67.6 Å². The number of anilines is 1. The van der Waals surface area contributed by atoms with E-state index in [2.05, 4.69) is 15.2 Å². The maximum Gasteiger partial charge on any atom is 0.417 e. The molecule has 6 rings (SSSR count). The number of alkyl halides is 8. The van der Waals surface area contributed by atoms with Crippen molar-refractivity contribution in [3.63, 3.8) is 0 Å². The molecule has 2 amide bonds. The summed E-state index contributed by atoms with van der Waals surface area (Å²) >= 11 is 0. The summed E-state index contributed by atoms with van der Waals surface area (Å²) in [6.45, 7) is 2.24. The number of carbonyl (C=O) groups is 2. The average molecular weight is 762 g/mol. The smallest absolute Gasteiger partial charge is 0.417 e. The van der Waals surface area contributed by atoms with Gasteiger partial charge in [0.2, 0.25) is 5.88 Å². The number of rotatable bonds is 10. The third-order valence-electron chi connectivity index (χ3n) is 8.71. The van der Waals surface area contributed by atoms with E-state index in [-0.39, 0.29) is 23.5 Å². The van der Waals surface area contributed by atoms with E-state index in [1.807, 2.05) is 12.1 Å². The van der Waals surface area contributed by atoms with Gasteiger partial charge in [0.1, 0.15) is 23.8 Å². The van der Waals surface area contributed by atoms with Crippen LogP contribution in [0.1, 0.15) is 37.5 Å². The Kier molecular flexibility index (Phi) is 10.8. The third kappa shape index (κ3) is 8.90. The zero-order valence-corrected chi connectivity index (χ0v) is 28.3. The minimum absolute atomic E-state index is 0.0315. The molecule has 0 atom stereocenters. The maximum absolute atomic E-state index is 13.5. The highest BCUT2D eigenvalue weighted by atomic mass is 19.4. The van der Waals surface area contributed by atoms with Crippen molar-refractivity contribution < 1.29 is 54.2 Å². The number of aromatic nitrogens is 2. The number of piperazine rings is 1. The number of aryl methyl sites for hydroxylation is 1. The Hall–Kier alpha value is -5.71. The molecule has 1 N–H and O–H groups in total. The molecule has 0 spiro atoms. The average Bonchev–Trinajstić information content (AvgIpc) is 3.46. The molecule has 0 saturated carbocycles. The van der Waals surface area contributed by atoms with Gasteiger partial charge in [0.25, 0.3) is 18.2 Å². The van der Waals surface area contributed by atoms with E-state index in [1.165, 1.54) is 12.1 Å². The lowest BCUT2D eigenvalue weighted by Gasteiger charge is -2.34.